The van der Waals surface area contributed by atoms with Gasteiger partial charge in [-0.2, -0.15) is 0 Å². The van der Waals surface area contributed by atoms with Crippen molar-refractivity contribution in [1.82, 2.24) is 5.32 Å². The lowest BCUT2D eigenvalue weighted by atomic mass is 9.93. The summed E-state index contributed by atoms with van der Waals surface area (Å²) in [6, 6.07) is 0.394. The van der Waals surface area contributed by atoms with Crippen LogP contribution in [0.4, 0.5) is 0 Å². The zero-order valence-corrected chi connectivity index (χ0v) is 10.6. The summed E-state index contributed by atoms with van der Waals surface area (Å²) in [4.78, 5) is 10.9. The molecule has 3 heteroatoms. The summed E-state index contributed by atoms with van der Waals surface area (Å²) in [5.74, 6) is -0.0345. The number of carbonyl (C=O) groups is 1. The summed E-state index contributed by atoms with van der Waals surface area (Å²) < 4.78 is 0. The number of hydrogen-bond donors (Lipinski definition) is 2. The molecule has 1 atom stereocenters. The first kappa shape index (κ1) is 14.4. The highest BCUT2D eigenvalue weighted by molar-refractivity contribution is 5.73. The standard InChI is InChI=1S/C12H25NO2/c1-9(2)6-7-10(3)13-8-12(4,5)11(14)15/h9-10,13H,6-8H2,1-5H3,(H,14,15). The summed E-state index contributed by atoms with van der Waals surface area (Å²) in [6.45, 7) is 10.5. The molecule has 0 amide bonds. The minimum Gasteiger partial charge on any atom is -0.481 e. The SMILES string of the molecule is CC(C)CCC(C)NCC(C)(C)C(=O)O. The van der Waals surface area contributed by atoms with Crippen LogP contribution in [-0.2, 0) is 4.79 Å². The Morgan fingerprint density at radius 2 is 1.80 bits per heavy atom. The molecule has 0 rings (SSSR count). The average Bonchev–Trinajstić information content (AvgIpc) is 2.11. The second-order valence-corrected chi connectivity index (χ2v) is 5.44. The molecule has 0 bridgehead atoms. The molecular formula is C12H25NO2. The number of carboxylic acid groups (broad SMARTS) is 1. The molecule has 0 saturated carbocycles. The molecule has 0 fully saturated rings. The molecule has 0 aliphatic heterocycles. The van der Waals surface area contributed by atoms with E-state index < -0.39 is 11.4 Å². The molecular weight excluding hydrogens is 190 g/mol. The highest BCUT2D eigenvalue weighted by Gasteiger charge is 2.26. The smallest absolute Gasteiger partial charge is 0.310 e. The molecule has 0 aliphatic carbocycles. The lowest BCUT2D eigenvalue weighted by molar-refractivity contribution is -0.146. The van der Waals surface area contributed by atoms with Crippen LogP contribution in [0.3, 0.4) is 0 Å². The maximum atomic E-state index is 10.9. The molecule has 0 aromatic carbocycles. The zero-order valence-electron chi connectivity index (χ0n) is 10.6. The Kier molecular flexibility index (Phi) is 5.88. The van der Waals surface area contributed by atoms with Gasteiger partial charge in [0.2, 0.25) is 0 Å². The van der Waals surface area contributed by atoms with Crippen molar-refractivity contribution >= 4 is 5.97 Å². The van der Waals surface area contributed by atoms with Crippen LogP contribution in [0.5, 0.6) is 0 Å². The van der Waals surface area contributed by atoms with E-state index in [0.717, 1.165) is 6.42 Å². The van der Waals surface area contributed by atoms with Gasteiger partial charge in [-0.1, -0.05) is 13.8 Å². The first-order valence-electron chi connectivity index (χ1n) is 5.72. The first-order valence-corrected chi connectivity index (χ1v) is 5.72. The number of aliphatic carboxylic acids is 1. The molecule has 0 saturated heterocycles. The minimum absolute atomic E-state index is 0.394. The van der Waals surface area contributed by atoms with Gasteiger partial charge in [0, 0.05) is 12.6 Å². The largest absolute Gasteiger partial charge is 0.481 e. The van der Waals surface area contributed by atoms with Crippen LogP contribution in [0.15, 0.2) is 0 Å². The van der Waals surface area contributed by atoms with E-state index in [9.17, 15) is 4.79 Å². The van der Waals surface area contributed by atoms with Gasteiger partial charge in [0.15, 0.2) is 0 Å². The van der Waals surface area contributed by atoms with Crippen LogP contribution >= 0.6 is 0 Å². The Morgan fingerprint density at radius 1 is 1.27 bits per heavy atom. The molecule has 0 heterocycles. The van der Waals surface area contributed by atoms with Gasteiger partial charge in [-0.15, -0.1) is 0 Å². The van der Waals surface area contributed by atoms with Crippen molar-refractivity contribution < 1.29 is 9.90 Å². The molecule has 90 valence electrons. The third-order valence-corrected chi connectivity index (χ3v) is 2.65. The van der Waals surface area contributed by atoms with E-state index in [1.807, 2.05) is 0 Å². The van der Waals surface area contributed by atoms with Gasteiger partial charge in [-0.25, -0.2) is 0 Å². The second kappa shape index (κ2) is 6.11. The lowest BCUT2D eigenvalue weighted by Gasteiger charge is -2.23. The van der Waals surface area contributed by atoms with Gasteiger partial charge in [0.05, 0.1) is 5.41 Å². The Morgan fingerprint density at radius 3 is 2.20 bits per heavy atom. The fourth-order valence-electron chi connectivity index (χ4n) is 1.19. The lowest BCUT2D eigenvalue weighted by Crippen LogP contribution is -2.40. The van der Waals surface area contributed by atoms with Crippen molar-refractivity contribution in [2.45, 2.75) is 53.5 Å². The van der Waals surface area contributed by atoms with Crippen molar-refractivity contribution in [1.29, 1.82) is 0 Å². The van der Waals surface area contributed by atoms with Crippen LogP contribution < -0.4 is 5.32 Å². The van der Waals surface area contributed by atoms with Gasteiger partial charge in [0.1, 0.15) is 0 Å². The monoisotopic (exact) mass is 215 g/mol. The van der Waals surface area contributed by atoms with E-state index in [2.05, 4.69) is 26.1 Å². The Bertz CT molecular complexity index is 200. The van der Waals surface area contributed by atoms with Crippen LogP contribution in [0.25, 0.3) is 0 Å². The topological polar surface area (TPSA) is 49.3 Å². The van der Waals surface area contributed by atoms with Crippen molar-refractivity contribution in [2.75, 3.05) is 6.54 Å². The van der Waals surface area contributed by atoms with Crippen molar-refractivity contribution in [2.24, 2.45) is 11.3 Å². The van der Waals surface area contributed by atoms with Crippen LogP contribution in [-0.4, -0.2) is 23.7 Å². The maximum Gasteiger partial charge on any atom is 0.310 e. The highest BCUT2D eigenvalue weighted by atomic mass is 16.4. The fraction of sp³-hybridized carbons (Fsp3) is 0.917. The third kappa shape index (κ3) is 6.50. The number of nitrogens with one attached hydrogen (secondary N) is 1. The van der Waals surface area contributed by atoms with Gasteiger partial charge < -0.3 is 10.4 Å². The summed E-state index contributed by atoms with van der Waals surface area (Å²) in [6.07, 6.45) is 2.29. The quantitative estimate of drug-likeness (QED) is 0.686. The average molecular weight is 215 g/mol. The number of carboxylic acids is 1. The molecule has 0 aliphatic rings. The van der Waals surface area contributed by atoms with Gasteiger partial charge in [-0.05, 0) is 39.5 Å². The molecule has 0 spiro atoms. The molecule has 0 aromatic heterocycles. The molecule has 3 nitrogen and oxygen atoms in total. The van der Waals surface area contributed by atoms with E-state index >= 15 is 0 Å². The molecule has 2 N–H and O–H groups in total. The zero-order chi connectivity index (χ0) is 12.1. The predicted octanol–water partition coefficient (Wildman–Crippen LogP) is 2.51. The normalized spacial score (nSPS) is 14.3. The predicted molar refractivity (Wildman–Crippen MR) is 63.0 cm³/mol. The molecule has 15 heavy (non-hydrogen) atoms. The molecule has 0 aromatic rings. The van der Waals surface area contributed by atoms with Crippen LogP contribution in [0.2, 0.25) is 0 Å². The summed E-state index contributed by atoms with van der Waals surface area (Å²) in [5.41, 5.74) is -0.675. The summed E-state index contributed by atoms with van der Waals surface area (Å²) >= 11 is 0. The fourth-order valence-corrected chi connectivity index (χ4v) is 1.19. The molecule has 1 unspecified atom stereocenters. The highest BCUT2D eigenvalue weighted by Crippen LogP contribution is 2.14. The van der Waals surface area contributed by atoms with Gasteiger partial charge in [-0.3, -0.25) is 4.79 Å². The van der Waals surface area contributed by atoms with Crippen molar-refractivity contribution in [3.05, 3.63) is 0 Å². The first-order chi connectivity index (χ1) is 6.75. The van der Waals surface area contributed by atoms with E-state index in [1.54, 1.807) is 13.8 Å². The van der Waals surface area contributed by atoms with Crippen molar-refractivity contribution in [3.63, 3.8) is 0 Å². The third-order valence-electron chi connectivity index (χ3n) is 2.65. The number of rotatable bonds is 7. The van der Waals surface area contributed by atoms with E-state index in [1.165, 1.54) is 6.42 Å². The van der Waals surface area contributed by atoms with Crippen LogP contribution in [0, 0.1) is 11.3 Å². The van der Waals surface area contributed by atoms with Gasteiger partial charge >= 0.3 is 5.97 Å². The van der Waals surface area contributed by atoms with Crippen LogP contribution in [0.1, 0.15) is 47.5 Å². The Balaban J connectivity index is 3.80. The molecule has 0 radical (unpaired) electrons. The minimum atomic E-state index is -0.744. The van der Waals surface area contributed by atoms with E-state index in [4.69, 9.17) is 5.11 Å². The van der Waals surface area contributed by atoms with E-state index in [0.29, 0.717) is 18.5 Å². The second-order valence-electron chi connectivity index (χ2n) is 5.44. The Hall–Kier alpha value is -0.570. The van der Waals surface area contributed by atoms with E-state index in [-0.39, 0.29) is 0 Å². The maximum absolute atomic E-state index is 10.9. The summed E-state index contributed by atoms with van der Waals surface area (Å²) in [7, 11) is 0. The summed E-state index contributed by atoms with van der Waals surface area (Å²) in [5, 5.41) is 12.2. The Labute approximate surface area is 93.3 Å². The number of hydrogen-bond acceptors (Lipinski definition) is 2. The van der Waals surface area contributed by atoms with Gasteiger partial charge in [0.25, 0.3) is 0 Å². The van der Waals surface area contributed by atoms with Crippen molar-refractivity contribution in [3.8, 4) is 0 Å².